The van der Waals surface area contributed by atoms with Crippen molar-refractivity contribution in [3.05, 3.63) is 75.8 Å². The molecule has 1 unspecified atom stereocenters. The van der Waals surface area contributed by atoms with E-state index in [-0.39, 0.29) is 5.92 Å². The molecule has 2 aromatic rings. The molecular weight excluding hydrogens is 324 g/mol. The highest BCUT2D eigenvalue weighted by Gasteiger charge is 2.28. The first-order valence-corrected chi connectivity index (χ1v) is 8.06. The molecular formula is C19H17BrO. The lowest BCUT2D eigenvalue weighted by atomic mass is 9.96. The molecule has 0 spiro atoms. The maximum absolute atomic E-state index is 12.5. The van der Waals surface area contributed by atoms with Crippen molar-refractivity contribution in [2.75, 3.05) is 0 Å². The van der Waals surface area contributed by atoms with Gasteiger partial charge in [-0.1, -0.05) is 58.4 Å². The van der Waals surface area contributed by atoms with E-state index < -0.39 is 0 Å². The molecule has 0 N–H and O–H groups in total. The molecule has 0 aromatic heterocycles. The standard InChI is InChI=1S/C19H17BrO/c20-18-10-6-15(7-11-18)13-17-9-8-16(19(17)21)12-14-4-2-1-3-5-14/h1-7,10-11,13,16H,8-9,12H2/b17-13-. The molecule has 21 heavy (non-hydrogen) atoms. The summed E-state index contributed by atoms with van der Waals surface area (Å²) >= 11 is 3.43. The SMILES string of the molecule is O=C1/C(=C\c2ccc(Br)cc2)CCC1Cc1ccccc1. The highest BCUT2D eigenvalue weighted by Crippen LogP contribution is 2.31. The molecule has 3 rings (SSSR count). The van der Waals surface area contributed by atoms with Crippen LogP contribution in [0.5, 0.6) is 0 Å². The maximum atomic E-state index is 12.5. The van der Waals surface area contributed by atoms with Gasteiger partial charge in [-0.25, -0.2) is 0 Å². The minimum atomic E-state index is 0.147. The van der Waals surface area contributed by atoms with Crippen LogP contribution >= 0.6 is 15.9 Å². The molecule has 1 aliphatic carbocycles. The number of allylic oxidation sites excluding steroid dienone is 1. The van der Waals surface area contributed by atoms with Gasteiger partial charge >= 0.3 is 0 Å². The van der Waals surface area contributed by atoms with Gasteiger partial charge in [-0.15, -0.1) is 0 Å². The first kappa shape index (κ1) is 14.3. The molecule has 1 fully saturated rings. The third-order valence-electron chi connectivity index (χ3n) is 3.99. The lowest BCUT2D eigenvalue weighted by molar-refractivity contribution is -0.117. The zero-order valence-corrected chi connectivity index (χ0v) is 13.3. The molecule has 1 aliphatic rings. The van der Waals surface area contributed by atoms with Crippen molar-refractivity contribution in [2.24, 2.45) is 5.92 Å². The van der Waals surface area contributed by atoms with Crippen LogP contribution in [0.1, 0.15) is 24.0 Å². The lowest BCUT2D eigenvalue weighted by Crippen LogP contribution is -2.10. The second-order valence-electron chi connectivity index (χ2n) is 5.51. The van der Waals surface area contributed by atoms with Crippen molar-refractivity contribution < 1.29 is 4.79 Å². The number of ketones is 1. The van der Waals surface area contributed by atoms with Gasteiger partial charge in [0.1, 0.15) is 0 Å². The lowest BCUT2D eigenvalue weighted by Gasteiger charge is -2.07. The van der Waals surface area contributed by atoms with Crippen LogP contribution in [0.15, 0.2) is 64.6 Å². The molecule has 0 radical (unpaired) electrons. The molecule has 1 nitrogen and oxygen atoms in total. The highest BCUT2D eigenvalue weighted by atomic mass is 79.9. The fraction of sp³-hybridized carbons (Fsp3) is 0.211. The molecule has 1 atom stereocenters. The topological polar surface area (TPSA) is 17.1 Å². The molecule has 0 bridgehead atoms. The van der Waals surface area contributed by atoms with Gasteiger partial charge in [-0.05, 0) is 54.2 Å². The van der Waals surface area contributed by atoms with Crippen molar-refractivity contribution >= 4 is 27.8 Å². The third kappa shape index (κ3) is 3.51. The molecule has 0 amide bonds. The van der Waals surface area contributed by atoms with E-state index in [0.717, 1.165) is 34.9 Å². The second-order valence-corrected chi connectivity index (χ2v) is 6.43. The number of Topliss-reactive ketones (excluding diaryl/α,β-unsaturated/α-hetero) is 1. The summed E-state index contributed by atoms with van der Waals surface area (Å²) in [6, 6.07) is 18.4. The van der Waals surface area contributed by atoms with E-state index in [1.165, 1.54) is 5.56 Å². The quantitative estimate of drug-likeness (QED) is 0.714. The Hall–Kier alpha value is -1.67. The van der Waals surface area contributed by atoms with Crippen molar-refractivity contribution in [3.8, 4) is 0 Å². The predicted molar refractivity (Wildman–Crippen MR) is 90.0 cm³/mol. The Morgan fingerprint density at radius 3 is 2.48 bits per heavy atom. The number of rotatable bonds is 3. The van der Waals surface area contributed by atoms with Gasteiger partial charge in [0.25, 0.3) is 0 Å². The van der Waals surface area contributed by atoms with Crippen molar-refractivity contribution in [1.82, 2.24) is 0 Å². The van der Waals surface area contributed by atoms with Crippen LogP contribution in [0.25, 0.3) is 6.08 Å². The summed E-state index contributed by atoms with van der Waals surface area (Å²) in [5.41, 5.74) is 3.32. The summed E-state index contributed by atoms with van der Waals surface area (Å²) in [5, 5.41) is 0. The van der Waals surface area contributed by atoms with Crippen LogP contribution < -0.4 is 0 Å². The minimum absolute atomic E-state index is 0.147. The van der Waals surface area contributed by atoms with Crippen LogP contribution in [0.2, 0.25) is 0 Å². The van der Waals surface area contributed by atoms with Crippen molar-refractivity contribution in [1.29, 1.82) is 0 Å². The van der Waals surface area contributed by atoms with E-state index in [1.807, 2.05) is 48.5 Å². The van der Waals surface area contributed by atoms with Gasteiger partial charge in [-0.2, -0.15) is 0 Å². The van der Waals surface area contributed by atoms with Gasteiger partial charge in [0.15, 0.2) is 5.78 Å². The van der Waals surface area contributed by atoms with Gasteiger partial charge in [0.05, 0.1) is 0 Å². The number of hydrogen-bond acceptors (Lipinski definition) is 1. The molecule has 0 heterocycles. The Morgan fingerprint density at radius 1 is 1.05 bits per heavy atom. The minimum Gasteiger partial charge on any atom is -0.294 e. The Kier molecular flexibility index (Phi) is 4.35. The van der Waals surface area contributed by atoms with Crippen LogP contribution in [0.3, 0.4) is 0 Å². The van der Waals surface area contributed by atoms with Gasteiger partial charge in [-0.3, -0.25) is 4.79 Å². The average molecular weight is 341 g/mol. The normalized spacial score (nSPS) is 20.1. The predicted octanol–water partition coefficient (Wildman–Crippen LogP) is 5.05. The molecule has 1 saturated carbocycles. The summed E-state index contributed by atoms with van der Waals surface area (Å²) in [6.07, 6.45) is 4.76. The second kappa shape index (κ2) is 6.40. The summed E-state index contributed by atoms with van der Waals surface area (Å²) in [5.74, 6) is 0.468. The van der Waals surface area contributed by atoms with Crippen molar-refractivity contribution in [3.63, 3.8) is 0 Å². The van der Waals surface area contributed by atoms with E-state index in [0.29, 0.717) is 5.78 Å². The van der Waals surface area contributed by atoms with Crippen LogP contribution in [0.4, 0.5) is 0 Å². The first-order valence-electron chi connectivity index (χ1n) is 7.26. The van der Waals surface area contributed by atoms with Gasteiger partial charge < -0.3 is 0 Å². The summed E-state index contributed by atoms with van der Waals surface area (Å²) in [7, 11) is 0. The fourth-order valence-corrected chi connectivity index (χ4v) is 3.11. The molecule has 106 valence electrons. The Labute approximate surface area is 133 Å². The largest absolute Gasteiger partial charge is 0.294 e. The van der Waals surface area contributed by atoms with Crippen LogP contribution in [-0.4, -0.2) is 5.78 Å². The first-order chi connectivity index (χ1) is 10.2. The van der Waals surface area contributed by atoms with E-state index in [2.05, 4.69) is 28.1 Å². The van der Waals surface area contributed by atoms with E-state index in [9.17, 15) is 4.79 Å². The Balaban J connectivity index is 1.73. The molecule has 2 aromatic carbocycles. The highest BCUT2D eigenvalue weighted by molar-refractivity contribution is 9.10. The van der Waals surface area contributed by atoms with Gasteiger partial charge in [0, 0.05) is 10.4 Å². The van der Waals surface area contributed by atoms with Crippen LogP contribution in [0, 0.1) is 5.92 Å². The molecule has 0 aliphatic heterocycles. The monoisotopic (exact) mass is 340 g/mol. The smallest absolute Gasteiger partial charge is 0.162 e. The average Bonchev–Trinajstić information content (AvgIpc) is 2.84. The Bertz CT molecular complexity index is 656. The van der Waals surface area contributed by atoms with Crippen molar-refractivity contribution in [2.45, 2.75) is 19.3 Å². The number of hydrogen-bond donors (Lipinski definition) is 0. The Morgan fingerprint density at radius 2 is 1.76 bits per heavy atom. The van der Waals surface area contributed by atoms with E-state index in [1.54, 1.807) is 0 Å². The van der Waals surface area contributed by atoms with E-state index >= 15 is 0 Å². The summed E-state index contributed by atoms with van der Waals surface area (Å²) in [6.45, 7) is 0. The number of carbonyl (C=O) groups is 1. The summed E-state index contributed by atoms with van der Waals surface area (Å²) < 4.78 is 1.06. The van der Waals surface area contributed by atoms with E-state index in [4.69, 9.17) is 0 Å². The number of carbonyl (C=O) groups excluding carboxylic acids is 1. The number of benzene rings is 2. The third-order valence-corrected chi connectivity index (χ3v) is 4.51. The number of halogens is 1. The molecule has 0 saturated heterocycles. The van der Waals surface area contributed by atoms with Crippen LogP contribution in [-0.2, 0) is 11.2 Å². The maximum Gasteiger partial charge on any atom is 0.162 e. The molecule has 2 heteroatoms. The fourth-order valence-electron chi connectivity index (χ4n) is 2.84. The zero-order valence-electron chi connectivity index (χ0n) is 11.8. The zero-order chi connectivity index (χ0) is 14.7. The summed E-state index contributed by atoms with van der Waals surface area (Å²) in [4.78, 5) is 12.5. The van der Waals surface area contributed by atoms with Gasteiger partial charge in [0.2, 0.25) is 0 Å².